The van der Waals surface area contributed by atoms with Crippen LogP contribution in [-0.2, 0) is 14.8 Å². The summed E-state index contributed by atoms with van der Waals surface area (Å²) in [6.07, 6.45) is -0.899. The standard InChI is InChI=1S/C32H32FN5O5S/c1-21(2)19-38(26-7-5-6-23(18-26)31(34)37-32(40)43-27-16-12-24(33)13-17-27)20-30(39)36-25-14-10-22(11-15-25)28-8-3-4-9-29(28)44(35,41)42/h3-18,21H,19-20H2,1-2H3,(H,36,39)(H2,34,37,40)(H2,35,41,42). The van der Waals surface area contributed by atoms with E-state index in [0.29, 0.717) is 34.6 Å². The summed E-state index contributed by atoms with van der Waals surface area (Å²) in [5, 5.41) is 18.9. The number of primary sulfonamides is 1. The van der Waals surface area contributed by atoms with Crippen LogP contribution in [0, 0.1) is 17.1 Å². The van der Waals surface area contributed by atoms with Gasteiger partial charge in [0.2, 0.25) is 15.9 Å². The summed E-state index contributed by atoms with van der Waals surface area (Å²) in [6, 6.07) is 25.0. The van der Waals surface area contributed by atoms with Gasteiger partial charge in [-0.25, -0.2) is 22.7 Å². The lowest BCUT2D eigenvalue weighted by Crippen LogP contribution is -2.36. The normalized spacial score (nSPS) is 11.1. The molecule has 0 spiro atoms. The number of rotatable bonds is 10. The number of carbonyl (C=O) groups is 2. The highest BCUT2D eigenvalue weighted by Crippen LogP contribution is 2.27. The van der Waals surface area contributed by atoms with Crippen LogP contribution in [0.2, 0.25) is 0 Å². The second kappa shape index (κ2) is 13.9. The van der Waals surface area contributed by atoms with Crippen molar-refractivity contribution in [2.75, 3.05) is 23.3 Å². The molecule has 0 aromatic heterocycles. The van der Waals surface area contributed by atoms with Gasteiger partial charge >= 0.3 is 6.09 Å². The molecule has 4 aromatic rings. The van der Waals surface area contributed by atoms with Gasteiger partial charge in [0.05, 0.1) is 11.4 Å². The van der Waals surface area contributed by atoms with Gasteiger partial charge < -0.3 is 15.0 Å². The van der Waals surface area contributed by atoms with Gasteiger partial charge in [0, 0.05) is 29.0 Å². The van der Waals surface area contributed by atoms with E-state index in [9.17, 15) is 22.4 Å². The molecule has 12 heteroatoms. The van der Waals surface area contributed by atoms with E-state index < -0.39 is 21.9 Å². The number of hydrogen-bond acceptors (Lipinski definition) is 7. The van der Waals surface area contributed by atoms with Gasteiger partial charge in [-0.2, -0.15) is 0 Å². The van der Waals surface area contributed by atoms with E-state index in [2.05, 4.69) is 10.6 Å². The van der Waals surface area contributed by atoms with Crippen LogP contribution in [0.25, 0.3) is 11.1 Å². The third-order valence-electron chi connectivity index (χ3n) is 6.34. The first-order chi connectivity index (χ1) is 20.9. The van der Waals surface area contributed by atoms with E-state index in [1.165, 1.54) is 18.2 Å². The molecule has 0 heterocycles. The fourth-order valence-corrected chi connectivity index (χ4v) is 5.19. The van der Waals surface area contributed by atoms with Gasteiger partial charge in [-0.3, -0.25) is 15.5 Å². The molecule has 44 heavy (non-hydrogen) atoms. The molecule has 0 aliphatic rings. The summed E-state index contributed by atoms with van der Waals surface area (Å²) in [4.78, 5) is 27.2. The van der Waals surface area contributed by atoms with Crippen LogP contribution in [0.15, 0.2) is 102 Å². The molecule has 4 rings (SSSR count). The van der Waals surface area contributed by atoms with Crippen LogP contribution in [-0.4, -0.2) is 39.3 Å². The van der Waals surface area contributed by atoms with E-state index in [0.717, 1.165) is 12.1 Å². The zero-order chi connectivity index (χ0) is 31.9. The second-order valence-corrected chi connectivity index (χ2v) is 11.9. The molecule has 0 atom stereocenters. The van der Waals surface area contributed by atoms with Gasteiger partial charge in [-0.05, 0) is 66.1 Å². The minimum Gasteiger partial charge on any atom is -0.410 e. The largest absolute Gasteiger partial charge is 0.418 e. The van der Waals surface area contributed by atoms with E-state index in [1.807, 2.05) is 18.7 Å². The summed E-state index contributed by atoms with van der Waals surface area (Å²) >= 11 is 0. The average molecular weight is 618 g/mol. The average Bonchev–Trinajstić information content (AvgIpc) is 2.98. The number of carbonyl (C=O) groups excluding carboxylic acids is 2. The summed E-state index contributed by atoms with van der Waals surface area (Å²) < 4.78 is 42.2. The van der Waals surface area contributed by atoms with Gasteiger partial charge in [-0.1, -0.05) is 56.3 Å². The lowest BCUT2D eigenvalue weighted by molar-refractivity contribution is -0.115. The Morgan fingerprint density at radius 2 is 1.64 bits per heavy atom. The zero-order valence-electron chi connectivity index (χ0n) is 24.1. The Bertz CT molecular complexity index is 1760. The molecule has 0 unspecified atom stereocenters. The Hall–Kier alpha value is -5.07. The second-order valence-electron chi connectivity index (χ2n) is 10.3. The Kier molecular flexibility index (Phi) is 10.1. The number of nitrogens with zero attached hydrogens (tertiary/aromatic N) is 1. The van der Waals surface area contributed by atoms with Crippen LogP contribution in [0.1, 0.15) is 19.4 Å². The van der Waals surface area contributed by atoms with Crippen molar-refractivity contribution in [2.45, 2.75) is 18.7 Å². The van der Waals surface area contributed by atoms with Crippen molar-refractivity contribution in [1.29, 1.82) is 5.41 Å². The molecule has 0 aliphatic heterocycles. The monoisotopic (exact) mass is 617 g/mol. The topological polar surface area (TPSA) is 155 Å². The maximum Gasteiger partial charge on any atom is 0.418 e. The Labute approximate surface area is 255 Å². The third kappa shape index (κ3) is 8.72. The van der Waals surface area contributed by atoms with Crippen LogP contribution >= 0.6 is 0 Å². The lowest BCUT2D eigenvalue weighted by atomic mass is 10.1. The predicted octanol–water partition coefficient (Wildman–Crippen LogP) is 5.36. The van der Waals surface area contributed by atoms with E-state index in [4.69, 9.17) is 15.3 Å². The van der Waals surface area contributed by atoms with Crippen molar-refractivity contribution in [1.82, 2.24) is 5.32 Å². The Morgan fingerprint density at radius 1 is 0.955 bits per heavy atom. The first-order valence-corrected chi connectivity index (χ1v) is 15.1. The van der Waals surface area contributed by atoms with Gasteiger partial charge in [-0.15, -0.1) is 0 Å². The molecule has 0 fully saturated rings. The van der Waals surface area contributed by atoms with Crippen molar-refractivity contribution in [3.63, 3.8) is 0 Å². The highest BCUT2D eigenvalue weighted by molar-refractivity contribution is 7.89. The molecule has 4 aromatic carbocycles. The summed E-state index contributed by atoms with van der Waals surface area (Å²) in [7, 11) is -3.92. The number of nitrogens with one attached hydrogen (secondary N) is 3. The van der Waals surface area contributed by atoms with Crippen LogP contribution in [0.3, 0.4) is 0 Å². The SMILES string of the molecule is CC(C)CN(CC(=O)Nc1ccc(-c2ccccc2S(N)(=O)=O)cc1)c1cccc(C(=N)NC(=O)Oc2ccc(F)cc2)c1. The number of hydrogen-bond donors (Lipinski definition) is 4. The Balaban J connectivity index is 1.43. The van der Waals surface area contributed by atoms with Crippen LogP contribution in [0.5, 0.6) is 5.75 Å². The molecule has 0 aliphatic carbocycles. The highest BCUT2D eigenvalue weighted by Gasteiger charge is 2.17. The number of ether oxygens (including phenoxy) is 1. The molecule has 0 saturated carbocycles. The minimum absolute atomic E-state index is 0.00497. The maximum atomic E-state index is 13.1. The van der Waals surface area contributed by atoms with Crippen molar-refractivity contribution in [3.05, 3.63) is 108 Å². The number of halogens is 1. The smallest absolute Gasteiger partial charge is 0.410 e. The molecule has 5 N–H and O–H groups in total. The first-order valence-electron chi connectivity index (χ1n) is 13.6. The van der Waals surface area contributed by atoms with Crippen LogP contribution < -0.4 is 25.4 Å². The fraction of sp³-hybridized carbons (Fsp3) is 0.156. The number of amidine groups is 1. The van der Waals surface area contributed by atoms with E-state index >= 15 is 0 Å². The summed E-state index contributed by atoms with van der Waals surface area (Å²) in [5.41, 5.74) is 2.67. The lowest BCUT2D eigenvalue weighted by Gasteiger charge is -2.26. The number of benzene rings is 4. The van der Waals surface area contributed by atoms with Crippen molar-refractivity contribution >= 4 is 39.2 Å². The number of sulfonamides is 1. The van der Waals surface area contributed by atoms with Gasteiger partial charge in [0.15, 0.2) is 0 Å². The van der Waals surface area contributed by atoms with Crippen molar-refractivity contribution in [2.24, 2.45) is 11.1 Å². The van der Waals surface area contributed by atoms with Gasteiger partial charge in [0.1, 0.15) is 17.4 Å². The minimum atomic E-state index is -3.92. The predicted molar refractivity (Wildman–Crippen MR) is 168 cm³/mol. The number of amides is 2. The van der Waals surface area contributed by atoms with Crippen molar-refractivity contribution in [3.8, 4) is 16.9 Å². The van der Waals surface area contributed by atoms with E-state index in [1.54, 1.807) is 66.7 Å². The molecular weight excluding hydrogens is 585 g/mol. The van der Waals surface area contributed by atoms with Crippen molar-refractivity contribution < 1.29 is 27.1 Å². The van der Waals surface area contributed by atoms with Crippen LogP contribution in [0.4, 0.5) is 20.6 Å². The Morgan fingerprint density at radius 3 is 2.30 bits per heavy atom. The molecular formula is C32H32FN5O5S. The van der Waals surface area contributed by atoms with Gasteiger partial charge in [0.25, 0.3) is 0 Å². The fourth-order valence-electron chi connectivity index (χ4n) is 4.43. The number of anilines is 2. The highest BCUT2D eigenvalue weighted by atomic mass is 32.2. The first kappa shape index (κ1) is 31.9. The quantitative estimate of drug-likeness (QED) is 0.139. The maximum absolute atomic E-state index is 13.1. The zero-order valence-corrected chi connectivity index (χ0v) is 24.9. The molecule has 2 amide bonds. The molecule has 0 saturated heterocycles. The third-order valence-corrected chi connectivity index (χ3v) is 7.31. The molecule has 10 nitrogen and oxygen atoms in total. The summed E-state index contributed by atoms with van der Waals surface area (Å²) in [5.74, 6) is -0.638. The summed E-state index contributed by atoms with van der Waals surface area (Å²) in [6.45, 7) is 4.57. The molecule has 228 valence electrons. The number of nitrogens with two attached hydrogens (primary N) is 1. The molecule has 0 radical (unpaired) electrons. The molecule has 0 bridgehead atoms. The van der Waals surface area contributed by atoms with E-state index in [-0.39, 0.29) is 34.9 Å².